The SMILES string of the molecule is CC1(C)CN(c2cc(Cl)cc3[nH]ncc23)CCC12NC(=O)NC2=O. The van der Waals surface area contributed by atoms with E-state index < -0.39 is 17.0 Å². The second kappa shape index (κ2) is 4.86. The van der Waals surface area contributed by atoms with Gasteiger partial charge in [-0.3, -0.25) is 15.2 Å². The Morgan fingerprint density at radius 1 is 1.29 bits per heavy atom. The van der Waals surface area contributed by atoms with Crippen molar-refractivity contribution in [3.63, 3.8) is 0 Å². The number of piperidine rings is 1. The van der Waals surface area contributed by atoms with Gasteiger partial charge in [-0.15, -0.1) is 0 Å². The van der Waals surface area contributed by atoms with Gasteiger partial charge in [0.15, 0.2) is 0 Å². The maximum Gasteiger partial charge on any atom is 0.322 e. The number of nitrogens with zero attached hydrogens (tertiary/aromatic N) is 2. The van der Waals surface area contributed by atoms with Gasteiger partial charge >= 0.3 is 6.03 Å². The van der Waals surface area contributed by atoms with Crippen molar-refractivity contribution in [3.05, 3.63) is 23.4 Å². The largest absolute Gasteiger partial charge is 0.370 e. The lowest BCUT2D eigenvalue weighted by Crippen LogP contribution is -2.66. The molecule has 1 unspecified atom stereocenters. The Hall–Kier alpha value is -2.28. The number of aromatic amines is 1. The minimum Gasteiger partial charge on any atom is -0.370 e. The topological polar surface area (TPSA) is 90.1 Å². The van der Waals surface area contributed by atoms with E-state index in [1.165, 1.54) is 0 Å². The molecule has 7 nitrogen and oxygen atoms in total. The Morgan fingerprint density at radius 3 is 2.75 bits per heavy atom. The van der Waals surface area contributed by atoms with Crippen LogP contribution in [0.2, 0.25) is 5.02 Å². The van der Waals surface area contributed by atoms with Crippen LogP contribution in [0.15, 0.2) is 18.3 Å². The first kappa shape index (κ1) is 15.3. The van der Waals surface area contributed by atoms with Crippen LogP contribution >= 0.6 is 11.6 Å². The smallest absolute Gasteiger partial charge is 0.322 e. The standard InChI is InChI=1S/C16H18ClN5O2/c1-15(2)8-22(4-3-16(15)13(23)19-14(24)20-16)12-6-9(17)5-11-10(12)7-18-21-11/h5-7H,3-4,8H2,1-2H3,(H,18,21)(H2,19,20,23,24). The maximum atomic E-state index is 12.4. The van der Waals surface area contributed by atoms with E-state index in [1.54, 1.807) is 6.20 Å². The van der Waals surface area contributed by atoms with Crippen LogP contribution in [0.3, 0.4) is 0 Å². The first-order valence-electron chi connectivity index (χ1n) is 7.84. The number of imide groups is 1. The second-order valence-corrected chi connectivity index (χ2v) is 7.56. The lowest BCUT2D eigenvalue weighted by Gasteiger charge is -2.50. The van der Waals surface area contributed by atoms with Crippen molar-refractivity contribution >= 4 is 40.1 Å². The third kappa shape index (κ3) is 2.00. The molecular formula is C16H18ClN5O2. The number of aromatic nitrogens is 2. The molecule has 126 valence electrons. The molecule has 1 aromatic heterocycles. The van der Waals surface area contributed by atoms with E-state index in [1.807, 2.05) is 26.0 Å². The molecule has 1 atom stereocenters. The predicted molar refractivity (Wildman–Crippen MR) is 91.1 cm³/mol. The van der Waals surface area contributed by atoms with Gasteiger partial charge in [-0.05, 0) is 18.6 Å². The highest BCUT2D eigenvalue weighted by Crippen LogP contribution is 2.43. The summed E-state index contributed by atoms with van der Waals surface area (Å²) >= 11 is 6.24. The Bertz CT molecular complexity index is 861. The summed E-state index contributed by atoms with van der Waals surface area (Å²) in [6.45, 7) is 5.25. The van der Waals surface area contributed by atoms with E-state index >= 15 is 0 Å². The van der Waals surface area contributed by atoms with Gasteiger partial charge < -0.3 is 10.2 Å². The number of nitrogens with one attached hydrogen (secondary N) is 3. The molecule has 0 radical (unpaired) electrons. The molecule has 1 aromatic carbocycles. The zero-order chi connectivity index (χ0) is 17.1. The number of amides is 3. The third-order valence-electron chi connectivity index (χ3n) is 5.28. The molecule has 2 aliphatic rings. The molecule has 0 bridgehead atoms. The molecular weight excluding hydrogens is 330 g/mol. The lowest BCUT2D eigenvalue weighted by atomic mass is 9.67. The summed E-state index contributed by atoms with van der Waals surface area (Å²) in [4.78, 5) is 26.3. The van der Waals surface area contributed by atoms with Gasteiger partial charge in [-0.1, -0.05) is 25.4 Å². The minimum absolute atomic E-state index is 0.239. The third-order valence-corrected chi connectivity index (χ3v) is 5.50. The number of urea groups is 1. The van der Waals surface area contributed by atoms with Crippen LogP contribution in [0.1, 0.15) is 20.3 Å². The molecule has 2 saturated heterocycles. The van der Waals surface area contributed by atoms with Crippen molar-refractivity contribution < 1.29 is 9.59 Å². The number of H-pyrrole nitrogens is 1. The summed E-state index contributed by atoms with van der Waals surface area (Å²) in [6, 6.07) is 3.34. The van der Waals surface area contributed by atoms with Crippen molar-refractivity contribution in [2.45, 2.75) is 25.8 Å². The molecule has 3 heterocycles. The number of hydrogen-bond acceptors (Lipinski definition) is 4. The number of fused-ring (bicyclic) bond motifs is 1. The van der Waals surface area contributed by atoms with E-state index in [2.05, 4.69) is 25.7 Å². The fourth-order valence-corrected chi connectivity index (χ4v) is 4.15. The molecule has 1 spiro atoms. The van der Waals surface area contributed by atoms with Crippen molar-refractivity contribution in [1.29, 1.82) is 0 Å². The number of hydrogen-bond donors (Lipinski definition) is 3. The van der Waals surface area contributed by atoms with Gasteiger partial charge in [0.05, 0.1) is 11.7 Å². The van der Waals surface area contributed by atoms with E-state index in [0.29, 0.717) is 24.5 Å². The van der Waals surface area contributed by atoms with Crippen molar-refractivity contribution in [2.24, 2.45) is 5.41 Å². The fraction of sp³-hybridized carbons (Fsp3) is 0.438. The van der Waals surface area contributed by atoms with Gasteiger partial charge in [0.2, 0.25) is 0 Å². The Balaban J connectivity index is 1.72. The van der Waals surface area contributed by atoms with E-state index in [4.69, 9.17) is 11.6 Å². The molecule has 3 amide bonds. The predicted octanol–water partition coefficient (Wildman–Crippen LogP) is 2.03. The molecule has 0 aliphatic carbocycles. The molecule has 2 fully saturated rings. The van der Waals surface area contributed by atoms with Gasteiger partial charge in [-0.2, -0.15) is 5.10 Å². The molecule has 2 aromatic rings. The van der Waals surface area contributed by atoms with Crippen LogP contribution in [-0.2, 0) is 4.79 Å². The summed E-state index contributed by atoms with van der Waals surface area (Å²) < 4.78 is 0. The average molecular weight is 348 g/mol. The zero-order valence-corrected chi connectivity index (χ0v) is 14.2. The molecule has 2 aliphatic heterocycles. The van der Waals surface area contributed by atoms with E-state index in [0.717, 1.165) is 16.6 Å². The summed E-state index contributed by atoms with van der Waals surface area (Å²) in [5.74, 6) is -0.239. The van der Waals surface area contributed by atoms with Gasteiger partial charge in [0.25, 0.3) is 5.91 Å². The summed E-state index contributed by atoms with van der Waals surface area (Å²) in [5.41, 5.74) is 0.551. The highest BCUT2D eigenvalue weighted by Gasteiger charge is 2.58. The second-order valence-electron chi connectivity index (χ2n) is 7.13. The Morgan fingerprint density at radius 2 is 2.08 bits per heavy atom. The van der Waals surface area contributed by atoms with E-state index in [9.17, 15) is 9.59 Å². The molecule has 4 rings (SSSR count). The number of halogens is 1. The van der Waals surface area contributed by atoms with Crippen molar-refractivity contribution in [3.8, 4) is 0 Å². The molecule has 3 N–H and O–H groups in total. The van der Waals surface area contributed by atoms with Crippen LogP contribution in [0.25, 0.3) is 10.9 Å². The first-order chi connectivity index (χ1) is 11.3. The fourth-order valence-electron chi connectivity index (χ4n) is 3.94. The highest BCUT2D eigenvalue weighted by atomic mass is 35.5. The Labute approximate surface area is 143 Å². The number of carbonyl (C=O) groups excluding carboxylic acids is 2. The summed E-state index contributed by atoms with van der Waals surface area (Å²) in [7, 11) is 0. The van der Waals surface area contributed by atoms with E-state index in [-0.39, 0.29) is 5.91 Å². The average Bonchev–Trinajstić information content (AvgIpc) is 3.06. The lowest BCUT2D eigenvalue weighted by molar-refractivity contribution is -0.129. The van der Waals surface area contributed by atoms with Crippen molar-refractivity contribution in [1.82, 2.24) is 20.8 Å². The van der Waals surface area contributed by atoms with Crippen LogP contribution in [0, 0.1) is 5.41 Å². The maximum absolute atomic E-state index is 12.4. The monoisotopic (exact) mass is 347 g/mol. The van der Waals surface area contributed by atoms with Gasteiger partial charge in [0.1, 0.15) is 5.54 Å². The van der Waals surface area contributed by atoms with Crippen LogP contribution < -0.4 is 15.5 Å². The summed E-state index contributed by atoms with van der Waals surface area (Å²) in [6.07, 6.45) is 2.31. The number of anilines is 1. The van der Waals surface area contributed by atoms with Crippen molar-refractivity contribution in [2.75, 3.05) is 18.0 Å². The Kier molecular flexibility index (Phi) is 3.09. The van der Waals surface area contributed by atoms with Crippen LogP contribution in [-0.4, -0.2) is 40.8 Å². The minimum atomic E-state index is -0.866. The number of rotatable bonds is 1. The van der Waals surface area contributed by atoms with Crippen LogP contribution in [0.5, 0.6) is 0 Å². The molecule has 8 heteroatoms. The highest BCUT2D eigenvalue weighted by molar-refractivity contribution is 6.31. The quantitative estimate of drug-likeness (QED) is 0.688. The zero-order valence-electron chi connectivity index (χ0n) is 13.4. The number of carbonyl (C=O) groups is 2. The molecule has 0 saturated carbocycles. The first-order valence-corrected chi connectivity index (χ1v) is 8.21. The number of benzene rings is 1. The molecule has 24 heavy (non-hydrogen) atoms. The van der Waals surface area contributed by atoms with Gasteiger partial charge in [0, 0.05) is 34.6 Å². The normalized spacial score (nSPS) is 26.0. The summed E-state index contributed by atoms with van der Waals surface area (Å²) in [5, 5.41) is 13.9. The van der Waals surface area contributed by atoms with Gasteiger partial charge in [-0.25, -0.2) is 4.79 Å². The van der Waals surface area contributed by atoms with Crippen LogP contribution in [0.4, 0.5) is 10.5 Å².